The van der Waals surface area contributed by atoms with E-state index < -0.39 is 5.91 Å². The monoisotopic (exact) mass is 356 g/mol. The predicted octanol–water partition coefficient (Wildman–Crippen LogP) is 1.70. The quantitative estimate of drug-likeness (QED) is 0.463. The van der Waals surface area contributed by atoms with Gasteiger partial charge in [0.2, 0.25) is 5.91 Å². The molecule has 1 aromatic carbocycles. The number of hydrogen-bond donors (Lipinski definition) is 4. The van der Waals surface area contributed by atoms with Crippen LogP contribution in [0.4, 0.5) is 5.69 Å². The molecule has 8 heteroatoms. The number of aryl methyl sites for hydroxylation is 1. The summed E-state index contributed by atoms with van der Waals surface area (Å²) in [7, 11) is 0. The first-order chi connectivity index (χ1) is 12.5. The summed E-state index contributed by atoms with van der Waals surface area (Å²) in [5.74, 6) is -0.746. The molecule has 136 valence electrons. The number of pyridine rings is 1. The standard InChI is InChI=1S/C18H20N4O4/c1-3-16(24)21-14-6-4-5-12(7-14)18(26)22-20-9-15-13(10-23)8-19-11(2)17(15)25/h4-9,23,25H,3,10H2,1-2H3,(H,21,24)(H,22,26). The van der Waals surface area contributed by atoms with Gasteiger partial charge < -0.3 is 15.5 Å². The van der Waals surface area contributed by atoms with Crippen molar-refractivity contribution >= 4 is 23.7 Å². The highest BCUT2D eigenvalue weighted by Gasteiger charge is 2.10. The molecule has 4 N–H and O–H groups in total. The number of nitrogens with zero attached hydrogens (tertiary/aromatic N) is 2. The zero-order valence-corrected chi connectivity index (χ0v) is 14.5. The number of aliphatic hydroxyl groups is 1. The number of carbonyl (C=O) groups is 2. The first-order valence-electron chi connectivity index (χ1n) is 7.97. The van der Waals surface area contributed by atoms with Gasteiger partial charge in [-0.15, -0.1) is 0 Å². The van der Waals surface area contributed by atoms with Gasteiger partial charge in [-0.25, -0.2) is 5.43 Å². The van der Waals surface area contributed by atoms with E-state index in [-0.39, 0.29) is 23.8 Å². The lowest BCUT2D eigenvalue weighted by molar-refractivity contribution is -0.115. The first kappa shape index (κ1) is 19.1. The van der Waals surface area contributed by atoms with Gasteiger partial charge in [-0.05, 0) is 25.1 Å². The van der Waals surface area contributed by atoms with E-state index in [4.69, 9.17) is 0 Å². The van der Waals surface area contributed by atoms with Gasteiger partial charge in [0.1, 0.15) is 5.75 Å². The van der Waals surface area contributed by atoms with Crippen molar-refractivity contribution in [1.29, 1.82) is 0 Å². The highest BCUT2D eigenvalue weighted by atomic mass is 16.3. The molecule has 0 radical (unpaired) electrons. The second kappa shape index (κ2) is 8.72. The van der Waals surface area contributed by atoms with Crippen molar-refractivity contribution in [3.8, 4) is 5.75 Å². The molecule has 0 aliphatic rings. The number of hydrogen-bond acceptors (Lipinski definition) is 6. The second-order valence-electron chi connectivity index (χ2n) is 5.47. The van der Waals surface area contributed by atoms with Crippen LogP contribution in [0.15, 0.2) is 35.6 Å². The van der Waals surface area contributed by atoms with Crippen LogP contribution in [0.2, 0.25) is 0 Å². The molecule has 0 atom stereocenters. The summed E-state index contributed by atoms with van der Waals surface area (Å²) in [6, 6.07) is 6.44. The normalized spacial score (nSPS) is 10.7. The zero-order chi connectivity index (χ0) is 19.1. The van der Waals surface area contributed by atoms with E-state index in [1.54, 1.807) is 32.0 Å². The maximum absolute atomic E-state index is 12.2. The van der Waals surface area contributed by atoms with Crippen LogP contribution in [0, 0.1) is 6.92 Å². The summed E-state index contributed by atoms with van der Waals surface area (Å²) < 4.78 is 0. The molecule has 0 fully saturated rings. The van der Waals surface area contributed by atoms with Gasteiger partial charge in [-0.1, -0.05) is 13.0 Å². The summed E-state index contributed by atoms with van der Waals surface area (Å²) in [4.78, 5) is 27.6. The molecule has 2 amide bonds. The Morgan fingerprint density at radius 1 is 1.35 bits per heavy atom. The van der Waals surface area contributed by atoms with E-state index in [0.29, 0.717) is 28.9 Å². The Labute approximate surface area is 150 Å². The molecular formula is C18H20N4O4. The van der Waals surface area contributed by atoms with Crippen molar-refractivity contribution < 1.29 is 19.8 Å². The Morgan fingerprint density at radius 2 is 2.12 bits per heavy atom. The molecule has 0 bridgehead atoms. The molecule has 0 aliphatic carbocycles. The average molecular weight is 356 g/mol. The Hall–Kier alpha value is -3.26. The predicted molar refractivity (Wildman–Crippen MR) is 97.0 cm³/mol. The van der Waals surface area contributed by atoms with Crippen LogP contribution >= 0.6 is 0 Å². The van der Waals surface area contributed by atoms with Crippen LogP contribution in [-0.4, -0.2) is 33.2 Å². The van der Waals surface area contributed by atoms with E-state index in [1.807, 2.05) is 0 Å². The highest BCUT2D eigenvalue weighted by molar-refractivity contribution is 5.97. The zero-order valence-electron chi connectivity index (χ0n) is 14.5. The van der Waals surface area contributed by atoms with Crippen LogP contribution in [0.5, 0.6) is 5.75 Å². The number of aromatic hydroxyl groups is 1. The fourth-order valence-electron chi connectivity index (χ4n) is 2.13. The Bertz CT molecular complexity index is 849. The fourth-order valence-corrected chi connectivity index (χ4v) is 2.13. The number of nitrogens with one attached hydrogen (secondary N) is 2. The Kier molecular flexibility index (Phi) is 6.40. The lowest BCUT2D eigenvalue weighted by atomic mass is 10.1. The minimum atomic E-state index is -0.482. The molecule has 8 nitrogen and oxygen atoms in total. The number of carbonyl (C=O) groups excluding carboxylic acids is 2. The number of rotatable bonds is 6. The van der Waals surface area contributed by atoms with Crippen molar-refractivity contribution in [3.63, 3.8) is 0 Å². The van der Waals surface area contributed by atoms with E-state index in [9.17, 15) is 19.8 Å². The molecule has 2 aromatic rings. The van der Waals surface area contributed by atoms with Gasteiger partial charge in [0.05, 0.1) is 18.5 Å². The summed E-state index contributed by atoms with van der Waals surface area (Å²) in [6.07, 6.45) is 3.01. The molecule has 0 saturated heterocycles. The average Bonchev–Trinajstić information content (AvgIpc) is 2.65. The van der Waals surface area contributed by atoms with Gasteiger partial charge in [0.25, 0.3) is 5.91 Å². The van der Waals surface area contributed by atoms with Crippen molar-refractivity contribution in [2.24, 2.45) is 5.10 Å². The lowest BCUT2D eigenvalue weighted by Gasteiger charge is -2.07. The summed E-state index contributed by atoms with van der Waals surface area (Å²) >= 11 is 0. The third-order valence-corrected chi connectivity index (χ3v) is 3.62. The molecule has 0 saturated carbocycles. The smallest absolute Gasteiger partial charge is 0.271 e. The highest BCUT2D eigenvalue weighted by Crippen LogP contribution is 2.21. The third-order valence-electron chi connectivity index (χ3n) is 3.62. The maximum Gasteiger partial charge on any atom is 0.271 e. The maximum atomic E-state index is 12.2. The fraction of sp³-hybridized carbons (Fsp3) is 0.222. The minimum absolute atomic E-state index is 0.112. The largest absolute Gasteiger partial charge is 0.505 e. The molecule has 0 spiro atoms. The molecule has 2 rings (SSSR count). The SMILES string of the molecule is CCC(=O)Nc1cccc(C(=O)NN=Cc2c(CO)cnc(C)c2O)c1. The van der Waals surface area contributed by atoms with Crippen molar-refractivity contribution in [1.82, 2.24) is 10.4 Å². The topological polar surface area (TPSA) is 124 Å². The van der Waals surface area contributed by atoms with E-state index in [0.717, 1.165) is 0 Å². The summed E-state index contributed by atoms with van der Waals surface area (Å²) in [6.45, 7) is 3.02. The number of benzene rings is 1. The minimum Gasteiger partial charge on any atom is -0.505 e. The summed E-state index contributed by atoms with van der Waals surface area (Å²) in [5.41, 5.74) is 4.22. The molecule has 26 heavy (non-hydrogen) atoms. The van der Waals surface area contributed by atoms with Crippen LogP contribution < -0.4 is 10.7 Å². The van der Waals surface area contributed by atoms with E-state index in [2.05, 4.69) is 20.8 Å². The van der Waals surface area contributed by atoms with Crippen molar-refractivity contribution in [3.05, 3.63) is 52.8 Å². The molecular weight excluding hydrogens is 336 g/mol. The Morgan fingerprint density at radius 3 is 2.81 bits per heavy atom. The van der Waals surface area contributed by atoms with E-state index >= 15 is 0 Å². The van der Waals surface area contributed by atoms with Crippen LogP contribution in [0.3, 0.4) is 0 Å². The molecule has 0 aliphatic heterocycles. The number of aromatic nitrogens is 1. The number of hydrazone groups is 1. The molecule has 0 unspecified atom stereocenters. The van der Waals surface area contributed by atoms with Crippen LogP contribution in [0.25, 0.3) is 0 Å². The number of amides is 2. The van der Waals surface area contributed by atoms with Gasteiger partial charge in [-0.2, -0.15) is 5.10 Å². The van der Waals surface area contributed by atoms with Crippen molar-refractivity contribution in [2.75, 3.05) is 5.32 Å². The summed E-state index contributed by atoms with van der Waals surface area (Å²) in [5, 5.41) is 25.8. The van der Waals surface area contributed by atoms with Gasteiger partial charge in [-0.3, -0.25) is 14.6 Å². The third kappa shape index (κ3) is 4.64. The van der Waals surface area contributed by atoms with Crippen LogP contribution in [0.1, 0.15) is 40.5 Å². The van der Waals surface area contributed by atoms with Gasteiger partial charge in [0, 0.05) is 35.0 Å². The second-order valence-corrected chi connectivity index (χ2v) is 5.47. The van der Waals surface area contributed by atoms with E-state index in [1.165, 1.54) is 18.5 Å². The van der Waals surface area contributed by atoms with Gasteiger partial charge in [0.15, 0.2) is 0 Å². The van der Waals surface area contributed by atoms with Gasteiger partial charge >= 0.3 is 0 Å². The number of aliphatic hydroxyl groups excluding tert-OH is 1. The first-order valence-corrected chi connectivity index (χ1v) is 7.97. The molecule has 1 heterocycles. The van der Waals surface area contributed by atoms with Crippen molar-refractivity contribution in [2.45, 2.75) is 26.9 Å². The van der Waals surface area contributed by atoms with Crippen LogP contribution in [-0.2, 0) is 11.4 Å². The lowest BCUT2D eigenvalue weighted by Crippen LogP contribution is -2.18. The number of anilines is 1. The molecule has 1 aromatic heterocycles. The Balaban J connectivity index is 2.12.